The maximum Gasteiger partial charge on any atom is 0.303 e. The van der Waals surface area contributed by atoms with E-state index in [0.717, 1.165) is 16.2 Å². The molecule has 0 bridgehead atoms. The third-order valence-electron chi connectivity index (χ3n) is 2.39. The number of methoxy groups -OCH3 is 2. The molecule has 0 saturated heterocycles. The van der Waals surface area contributed by atoms with Gasteiger partial charge in [-0.3, -0.25) is 4.79 Å². The van der Waals surface area contributed by atoms with Crippen LogP contribution in [0.3, 0.4) is 0 Å². The van der Waals surface area contributed by atoms with E-state index in [9.17, 15) is 4.79 Å². The molecule has 0 aliphatic carbocycles. The van der Waals surface area contributed by atoms with Crippen molar-refractivity contribution in [1.29, 1.82) is 0 Å². The standard InChI is InChI=1S/C12H16O4S/c1-15-9-6-4-8(5-7-10(13)14)11(16-2)12(9)17-3/h4,6H,5,7H2,1-3H3,(H,13,14). The maximum atomic E-state index is 10.6. The highest BCUT2D eigenvalue weighted by Gasteiger charge is 2.14. The normalized spacial score (nSPS) is 10.1. The molecule has 1 N–H and O–H groups in total. The van der Waals surface area contributed by atoms with Crippen molar-refractivity contribution in [3.8, 4) is 11.5 Å². The first-order valence-corrected chi connectivity index (χ1v) is 6.36. The van der Waals surface area contributed by atoms with E-state index in [1.54, 1.807) is 14.2 Å². The lowest BCUT2D eigenvalue weighted by molar-refractivity contribution is -0.136. The molecule has 0 fully saturated rings. The Balaban J connectivity index is 3.09. The van der Waals surface area contributed by atoms with Crippen LogP contribution >= 0.6 is 11.8 Å². The first-order valence-electron chi connectivity index (χ1n) is 5.13. The summed E-state index contributed by atoms with van der Waals surface area (Å²) in [5, 5.41) is 8.69. The van der Waals surface area contributed by atoms with Gasteiger partial charge >= 0.3 is 5.97 Å². The Bertz CT molecular complexity index is 404. The molecule has 4 nitrogen and oxygen atoms in total. The van der Waals surface area contributed by atoms with Gasteiger partial charge in [-0.05, 0) is 24.3 Å². The molecule has 1 aromatic carbocycles. The minimum Gasteiger partial charge on any atom is -0.495 e. The largest absolute Gasteiger partial charge is 0.495 e. The molecule has 0 aliphatic heterocycles. The number of aryl methyl sites for hydroxylation is 1. The molecule has 5 heteroatoms. The zero-order chi connectivity index (χ0) is 12.8. The number of carboxylic acids is 1. The van der Waals surface area contributed by atoms with Gasteiger partial charge in [-0.1, -0.05) is 6.07 Å². The van der Waals surface area contributed by atoms with Crippen LogP contribution < -0.4 is 9.47 Å². The Kier molecular flexibility index (Phi) is 5.15. The summed E-state index contributed by atoms with van der Waals surface area (Å²) in [4.78, 5) is 11.5. The van der Waals surface area contributed by atoms with Gasteiger partial charge in [0.05, 0.1) is 19.1 Å². The van der Waals surface area contributed by atoms with Crippen molar-refractivity contribution in [1.82, 2.24) is 0 Å². The van der Waals surface area contributed by atoms with Crippen LogP contribution in [0, 0.1) is 0 Å². The zero-order valence-electron chi connectivity index (χ0n) is 10.1. The second-order valence-corrected chi connectivity index (χ2v) is 4.20. The quantitative estimate of drug-likeness (QED) is 0.792. The second-order valence-electron chi connectivity index (χ2n) is 3.39. The molecule has 0 aromatic heterocycles. The number of benzene rings is 1. The van der Waals surface area contributed by atoms with E-state index in [1.807, 2.05) is 18.4 Å². The van der Waals surface area contributed by atoms with Crippen LogP contribution in [0.5, 0.6) is 11.5 Å². The summed E-state index contributed by atoms with van der Waals surface area (Å²) < 4.78 is 10.6. The van der Waals surface area contributed by atoms with Crippen LogP contribution in [0.1, 0.15) is 12.0 Å². The molecule has 0 amide bonds. The Morgan fingerprint density at radius 1 is 1.35 bits per heavy atom. The highest BCUT2D eigenvalue weighted by atomic mass is 32.2. The Morgan fingerprint density at radius 2 is 2.06 bits per heavy atom. The number of rotatable bonds is 6. The number of aliphatic carboxylic acids is 1. The lowest BCUT2D eigenvalue weighted by Gasteiger charge is -2.14. The summed E-state index contributed by atoms with van der Waals surface area (Å²) in [6.45, 7) is 0. The average Bonchev–Trinajstić information content (AvgIpc) is 2.34. The first-order chi connectivity index (χ1) is 8.13. The van der Waals surface area contributed by atoms with Gasteiger partial charge in [-0.25, -0.2) is 0 Å². The van der Waals surface area contributed by atoms with E-state index in [0.29, 0.717) is 12.2 Å². The van der Waals surface area contributed by atoms with Gasteiger partial charge < -0.3 is 14.6 Å². The van der Waals surface area contributed by atoms with E-state index in [4.69, 9.17) is 14.6 Å². The number of ether oxygens (including phenoxy) is 2. The summed E-state index contributed by atoms with van der Waals surface area (Å²) >= 11 is 1.52. The number of hydrogen-bond donors (Lipinski definition) is 1. The van der Waals surface area contributed by atoms with Gasteiger partial charge in [0, 0.05) is 6.42 Å². The third-order valence-corrected chi connectivity index (χ3v) is 3.19. The fourth-order valence-electron chi connectivity index (χ4n) is 1.60. The molecular formula is C12H16O4S. The van der Waals surface area contributed by atoms with Crippen LogP contribution in [0.4, 0.5) is 0 Å². The molecule has 1 aromatic rings. The van der Waals surface area contributed by atoms with E-state index in [2.05, 4.69) is 0 Å². The topological polar surface area (TPSA) is 55.8 Å². The Hall–Kier alpha value is -1.36. The lowest BCUT2D eigenvalue weighted by atomic mass is 10.1. The Morgan fingerprint density at radius 3 is 2.53 bits per heavy atom. The van der Waals surface area contributed by atoms with E-state index in [1.165, 1.54) is 11.8 Å². The van der Waals surface area contributed by atoms with Crippen molar-refractivity contribution in [3.63, 3.8) is 0 Å². The van der Waals surface area contributed by atoms with Crippen LogP contribution in [-0.2, 0) is 11.2 Å². The number of thioether (sulfide) groups is 1. The van der Waals surface area contributed by atoms with E-state index in [-0.39, 0.29) is 6.42 Å². The molecule has 0 heterocycles. The predicted octanol–water partition coefficient (Wildman–Crippen LogP) is 2.44. The molecular weight excluding hydrogens is 240 g/mol. The number of carbonyl (C=O) groups is 1. The van der Waals surface area contributed by atoms with Crippen molar-refractivity contribution < 1.29 is 19.4 Å². The molecule has 0 spiro atoms. The van der Waals surface area contributed by atoms with E-state index >= 15 is 0 Å². The summed E-state index contributed by atoms with van der Waals surface area (Å²) in [5.74, 6) is 0.639. The van der Waals surface area contributed by atoms with Gasteiger partial charge in [0.1, 0.15) is 11.5 Å². The second kappa shape index (κ2) is 6.39. The van der Waals surface area contributed by atoms with Crippen molar-refractivity contribution in [2.24, 2.45) is 0 Å². The van der Waals surface area contributed by atoms with Gasteiger partial charge in [-0.2, -0.15) is 0 Å². The van der Waals surface area contributed by atoms with Crippen LogP contribution in [-0.4, -0.2) is 31.6 Å². The van der Waals surface area contributed by atoms with Crippen molar-refractivity contribution in [3.05, 3.63) is 17.7 Å². The molecule has 17 heavy (non-hydrogen) atoms. The Labute approximate surface area is 105 Å². The molecule has 0 atom stereocenters. The van der Waals surface area contributed by atoms with Crippen molar-refractivity contribution in [2.45, 2.75) is 17.7 Å². The number of hydrogen-bond acceptors (Lipinski definition) is 4. The van der Waals surface area contributed by atoms with Gasteiger partial charge in [0.25, 0.3) is 0 Å². The van der Waals surface area contributed by atoms with Gasteiger partial charge in [0.15, 0.2) is 0 Å². The zero-order valence-corrected chi connectivity index (χ0v) is 11.0. The summed E-state index contributed by atoms with van der Waals surface area (Å²) in [7, 11) is 3.18. The minimum atomic E-state index is -0.812. The molecule has 0 radical (unpaired) electrons. The lowest BCUT2D eigenvalue weighted by Crippen LogP contribution is -2.01. The van der Waals surface area contributed by atoms with Crippen molar-refractivity contribution in [2.75, 3.05) is 20.5 Å². The summed E-state index contributed by atoms with van der Waals surface area (Å²) in [5.41, 5.74) is 0.889. The van der Waals surface area contributed by atoms with Gasteiger partial charge in [-0.15, -0.1) is 11.8 Å². The maximum absolute atomic E-state index is 10.6. The van der Waals surface area contributed by atoms with Crippen LogP contribution in [0.2, 0.25) is 0 Å². The van der Waals surface area contributed by atoms with Crippen molar-refractivity contribution >= 4 is 17.7 Å². The fourth-order valence-corrected chi connectivity index (χ4v) is 2.35. The van der Waals surface area contributed by atoms with Crippen LogP contribution in [0.15, 0.2) is 17.0 Å². The number of carboxylic acid groups (broad SMARTS) is 1. The SMILES string of the molecule is COc1ccc(CCC(=O)O)c(OC)c1SC. The third kappa shape index (κ3) is 3.30. The highest BCUT2D eigenvalue weighted by molar-refractivity contribution is 7.98. The molecule has 0 saturated carbocycles. The predicted molar refractivity (Wildman–Crippen MR) is 67.3 cm³/mol. The molecule has 94 valence electrons. The highest BCUT2D eigenvalue weighted by Crippen LogP contribution is 2.39. The average molecular weight is 256 g/mol. The summed E-state index contributed by atoms with van der Waals surface area (Å²) in [6, 6.07) is 3.69. The van der Waals surface area contributed by atoms with Crippen LogP contribution in [0.25, 0.3) is 0 Å². The fraction of sp³-hybridized carbons (Fsp3) is 0.417. The molecule has 0 unspecified atom stereocenters. The van der Waals surface area contributed by atoms with E-state index < -0.39 is 5.97 Å². The summed E-state index contributed by atoms with van der Waals surface area (Å²) in [6.07, 6.45) is 2.48. The monoisotopic (exact) mass is 256 g/mol. The molecule has 0 aliphatic rings. The smallest absolute Gasteiger partial charge is 0.303 e. The van der Waals surface area contributed by atoms with Gasteiger partial charge in [0.2, 0.25) is 0 Å². The first kappa shape index (κ1) is 13.7. The minimum absolute atomic E-state index is 0.0938. The molecule has 1 rings (SSSR count).